The van der Waals surface area contributed by atoms with Gasteiger partial charge in [0.2, 0.25) is 10.0 Å². The van der Waals surface area contributed by atoms with Gasteiger partial charge in [0, 0.05) is 23.7 Å². The lowest BCUT2D eigenvalue weighted by molar-refractivity contribution is 0.546. The molecule has 3 aromatic heterocycles. The Labute approximate surface area is 251 Å². The standard InChI is InChI=1S/C32H33N5O4S2/c1-20(2)22-6-8-23(9-7-22)30-29-19-33-32-28(16-17-36(32)43(40,41)27-12-4-21(3)5-13-27)37(29)31(34-30)24-10-11-25(18-24)35-42(38,39)26-14-15-26/h4-9,12-13,16-17,19,24-26,35H,1,10-11,14-15,18H2,2-3H3/t24-,25+/m1/s1. The van der Waals surface area contributed by atoms with E-state index >= 15 is 0 Å². The van der Waals surface area contributed by atoms with Crippen molar-refractivity contribution in [3.63, 3.8) is 0 Å². The molecule has 0 radical (unpaired) electrons. The monoisotopic (exact) mass is 615 g/mol. The Hall–Kier alpha value is -3.80. The van der Waals surface area contributed by atoms with Crippen LogP contribution in [-0.2, 0) is 20.0 Å². The lowest BCUT2D eigenvalue weighted by Gasteiger charge is -2.13. The minimum Gasteiger partial charge on any atom is -0.291 e. The molecule has 5 aromatic rings. The fourth-order valence-electron chi connectivity index (χ4n) is 6.09. The second-order valence-electron chi connectivity index (χ2n) is 11.9. The summed E-state index contributed by atoms with van der Waals surface area (Å²) >= 11 is 0. The van der Waals surface area contributed by atoms with Crippen LogP contribution in [0.4, 0.5) is 0 Å². The van der Waals surface area contributed by atoms with Crippen LogP contribution in [0, 0.1) is 6.92 Å². The van der Waals surface area contributed by atoms with Gasteiger partial charge in [-0.25, -0.2) is 35.5 Å². The van der Waals surface area contributed by atoms with Gasteiger partial charge in [0.1, 0.15) is 5.82 Å². The molecular formula is C32H33N5O4S2. The quantitative estimate of drug-likeness (QED) is 0.241. The third kappa shape index (κ3) is 4.89. The summed E-state index contributed by atoms with van der Waals surface area (Å²) < 4.78 is 58.8. The van der Waals surface area contributed by atoms with Crippen LogP contribution in [0.5, 0.6) is 0 Å². The number of benzene rings is 2. The van der Waals surface area contributed by atoms with Crippen LogP contribution in [0.2, 0.25) is 0 Å². The summed E-state index contributed by atoms with van der Waals surface area (Å²) in [6.07, 6.45) is 6.76. The van der Waals surface area contributed by atoms with E-state index in [1.165, 1.54) is 3.97 Å². The molecule has 43 heavy (non-hydrogen) atoms. The van der Waals surface area contributed by atoms with Crippen LogP contribution < -0.4 is 4.72 Å². The average Bonchev–Trinajstić information content (AvgIpc) is 3.43. The molecule has 1 N–H and O–H groups in total. The zero-order chi connectivity index (χ0) is 30.1. The maximum absolute atomic E-state index is 13.7. The molecule has 2 saturated carbocycles. The molecule has 11 heteroatoms. The summed E-state index contributed by atoms with van der Waals surface area (Å²) in [5.41, 5.74) is 6.32. The number of fused-ring (bicyclic) bond motifs is 3. The number of nitrogens with zero attached hydrogens (tertiary/aromatic N) is 4. The molecule has 9 nitrogen and oxygen atoms in total. The van der Waals surface area contributed by atoms with Gasteiger partial charge in [0.15, 0.2) is 5.65 Å². The fraction of sp³-hybridized carbons (Fsp3) is 0.312. The Morgan fingerprint density at radius 1 is 0.930 bits per heavy atom. The van der Waals surface area contributed by atoms with Crippen molar-refractivity contribution in [2.75, 3.05) is 0 Å². The topological polar surface area (TPSA) is 115 Å². The van der Waals surface area contributed by atoms with Gasteiger partial charge in [-0.15, -0.1) is 0 Å². The van der Waals surface area contributed by atoms with Gasteiger partial charge in [-0.05, 0) is 69.7 Å². The normalized spacial score (nSPS) is 19.4. The zero-order valence-corrected chi connectivity index (χ0v) is 25.7. The van der Waals surface area contributed by atoms with Crippen molar-refractivity contribution < 1.29 is 16.8 Å². The van der Waals surface area contributed by atoms with Gasteiger partial charge >= 0.3 is 0 Å². The molecule has 0 bridgehead atoms. The predicted molar refractivity (Wildman–Crippen MR) is 168 cm³/mol. The molecule has 2 atom stereocenters. The van der Waals surface area contributed by atoms with Crippen molar-refractivity contribution in [2.24, 2.45) is 0 Å². The SMILES string of the molecule is C=C(C)c1ccc(-c2nc([C@@H]3CC[C@H](NS(=O)(=O)C4CC4)C3)n3c2cnc2c3ccn2S(=O)(=O)c2ccc(C)cc2)cc1. The zero-order valence-electron chi connectivity index (χ0n) is 24.1. The van der Waals surface area contributed by atoms with Gasteiger partial charge in [0.25, 0.3) is 10.0 Å². The van der Waals surface area contributed by atoms with Crippen molar-refractivity contribution in [3.05, 3.63) is 90.5 Å². The number of nitrogens with one attached hydrogen (secondary N) is 1. The second-order valence-corrected chi connectivity index (χ2v) is 15.7. The molecule has 2 fully saturated rings. The summed E-state index contributed by atoms with van der Waals surface area (Å²) in [4.78, 5) is 9.99. The Morgan fingerprint density at radius 2 is 1.65 bits per heavy atom. The Morgan fingerprint density at radius 3 is 2.33 bits per heavy atom. The molecule has 2 aliphatic rings. The first-order valence-electron chi connectivity index (χ1n) is 14.5. The van der Waals surface area contributed by atoms with Gasteiger partial charge in [-0.3, -0.25) is 4.40 Å². The number of allylic oxidation sites excluding steroid dienone is 1. The average molecular weight is 616 g/mol. The van der Waals surface area contributed by atoms with E-state index in [9.17, 15) is 16.8 Å². The highest BCUT2D eigenvalue weighted by molar-refractivity contribution is 7.90. The molecule has 3 heterocycles. The van der Waals surface area contributed by atoms with Crippen molar-refractivity contribution in [1.82, 2.24) is 23.1 Å². The van der Waals surface area contributed by atoms with E-state index < -0.39 is 20.0 Å². The molecule has 2 aliphatic carbocycles. The van der Waals surface area contributed by atoms with Crippen LogP contribution in [0.15, 0.2) is 78.5 Å². The van der Waals surface area contributed by atoms with Gasteiger partial charge in [-0.1, -0.05) is 54.1 Å². The van der Waals surface area contributed by atoms with Crippen molar-refractivity contribution >= 4 is 42.3 Å². The largest absolute Gasteiger partial charge is 0.291 e. The molecule has 2 aromatic carbocycles. The summed E-state index contributed by atoms with van der Waals surface area (Å²) in [5, 5.41) is -0.270. The van der Waals surface area contributed by atoms with Crippen LogP contribution in [0.25, 0.3) is 33.5 Å². The second kappa shape index (κ2) is 10.1. The van der Waals surface area contributed by atoms with E-state index in [4.69, 9.17) is 4.98 Å². The van der Waals surface area contributed by atoms with Crippen molar-refractivity contribution in [1.29, 1.82) is 0 Å². The molecule has 222 valence electrons. The van der Waals surface area contributed by atoms with Crippen LogP contribution >= 0.6 is 0 Å². The van der Waals surface area contributed by atoms with E-state index in [0.717, 1.165) is 58.6 Å². The highest BCUT2D eigenvalue weighted by atomic mass is 32.2. The van der Waals surface area contributed by atoms with Gasteiger partial charge < -0.3 is 0 Å². The fourth-order valence-corrected chi connectivity index (χ4v) is 9.01. The first kappa shape index (κ1) is 28.0. The van der Waals surface area contributed by atoms with Gasteiger partial charge in [0.05, 0.1) is 33.1 Å². The number of hydrogen-bond donors (Lipinski definition) is 1. The molecular weight excluding hydrogens is 583 g/mol. The third-order valence-corrected chi connectivity index (χ3v) is 12.3. The van der Waals surface area contributed by atoms with Crippen LogP contribution in [0.1, 0.15) is 61.9 Å². The van der Waals surface area contributed by atoms with E-state index in [-0.39, 0.29) is 22.1 Å². The minimum atomic E-state index is -3.89. The Balaban J connectivity index is 1.36. The number of rotatable bonds is 8. The Kier molecular flexibility index (Phi) is 6.60. The number of aromatic nitrogens is 4. The summed E-state index contributed by atoms with van der Waals surface area (Å²) in [7, 11) is -7.20. The molecule has 0 unspecified atom stereocenters. The van der Waals surface area contributed by atoms with Crippen LogP contribution in [0.3, 0.4) is 0 Å². The maximum atomic E-state index is 13.7. The smallest absolute Gasteiger partial charge is 0.269 e. The van der Waals surface area contributed by atoms with Crippen molar-refractivity contribution in [2.45, 2.75) is 68.1 Å². The lowest BCUT2D eigenvalue weighted by atomic mass is 10.0. The summed E-state index contributed by atoms with van der Waals surface area (Å²) in [5.74, 6) is 0.755. The number of imidazole rings is 1. The van der Waals surface area contributed by atoms with E-state index in [0.29, 0.717) is 24.0 Å². The number of sulfonamides is 1. The van der Waals surface area contributed by atoms with Crippen molar-refractivity contribution in [3.8, 4) is 11.3 Å². The first-order chi connectivity index (χ1) is 20.5. The van der Waals surface area contributed by atoms with E-state index in [1.807, 2.05) is 42.5 Å². The number of hydrogen-bond acceptors (Lipinski definition) is 6. The molecule has 7 rings (SSSR count). The molecule has 0 saturated heterocycles. The molecule has 0 aliphatic heterocycles. The molecule has 0 spiro atoms. The van der Waals surface area contributed by atoms with E-state index in [2.05, 4.69) is 16.3 Å². The van der Waals surface area contributed by atoms with E-state index in [1.54, 1.807) is 42.7 Å². The Bertz CT molecular complexity index is 2110. The number of aryl methyl sites for hydroxylation is 1. The highest BCUT2D eigenvalue weighted by Gasteiger charge is 2.39. The lowest BCUT2D eigenvalue weighted by Crippen LogP contribution is -2.35. The third-order valence-electron chi connectivity index (χ3n) is 8.62. The predicted octanol–water partition coefficient (Wildman–Crippen LogP) is 5.65. The maximum Gasteiger partial charge on any atom is 0.269 e. The van der Waals surface area contributed by atoms with Gasteiger partial charge in [-0.2, -0.15) is 0 Å². The highest BCUT2D eigenvalue weighted by Crippen LogP contribution is 2.39. The molecule has 0 amide bonds. The van der Waals surface area contributed by atoms with Crippen LogP contribution in [-0.4, -0.2) is 46.5 Å². The minimum absolute atomic E-state index is 0.0227. The first-order valence-corrected chi connectivity index (χ1v) is 17.5. The summed E-state index contributed by atoms with van der Waals surface area (Å²) in [6, 6.07) is 16.4. The summed E-state index contributed by atoms with van der Waals surface area (Å²) in [6.45, 7) is 7.91.